The Morgan fingerprint density at radius 2 is 0.909 bits per heavy atom. The summed E-state index contributed by atoms with van der Waals surface area (Å²) >= 11 is 3.74. The Morgan fingerprint density at radius 1 is 0.455 bits per heavy atom. The summed E-state index contributed by atoms with van der Waals surface area (Å²) in [7, 11) is 0. The lowest BCUT2D eigenvalue weighted by molar-refractivity contribution is 0.670. The summed E-state index contributed by atoms with van der Waals surface area (Å²) in [5.74, 6) is 0. The molecular weight excluding hydrogens is 472 g/mol. The summed E-state index contributed by atoms with van der Waals surface area (Å²) in [6.45, 7) is 0. The van der Waals surface area contributed by atoms with Crippen molar-refractivity contribution in [1.29, 1.82) is 0 Å². The van der Waals surface area contributed by atoms with Gasteiger partial charge in [-0.1, -0.05) is 88.7 Å². The van der Waals surface area contributed by atoms with Crippen molar-refractivity contribution in [3.63, 3.8) is 0 Å². The van der Waals surface area contributed by atoms with Gasteiger partial charge in [-0.05, 0) is 41.5 Å². The highest BCUT2D eigenvalue weighted by molar-refractivity contribution is 9.10. The molecule has 0 spiro atoms. The Bertz CT molecular complexity index is 1710. The maximum Gasteiger partial charge on any atom is 0.143 e. The fourth-order valence-corrected chi connectivity index (χ4v) is 5.34. The summed E-state index contributed by atoms with van der Waals surface area (Å²) in [6, 6.07) is 35.6. The first-order valence-corrected chi connectivity index (χ1v) is 11.7. The number of hydrogen-bond donors (Lipinski definition) is 0. The Balaban J connectivity index is 1.48. The van der Waals surface area contributed by atoms with Gasteiger partial charge in [0.15, 0.2) is 0 Å². The Kier molecular flexibility index (Phi) is 4.02. The highest BCUT2D eigenvalue weighted by Gasteiger charge is 2.16. The summed E-state index contributed by atoms with van der Waals surface area (Å²) < 4.78 is 13.6. The van der Waals surface area contributed by atoms with E-state index in [0.29, 0.717) is 0 Å². The van der Waals surface area contributed by atoms with Crippen LogP contribution in [-0.4, -0.2) is 0 Å². The van der Waals surface area contributed by atoms with Crippen LogP contribution in [-0.2, 0) is 0 Å². The third-order valence-corrected chi connectivity index (χ3v) is 6.79. The van der Waals surface area contributed by atoms with Crippen molar-refractivity contribution < 1.29 is 8.83 Å². The van der Waals surface area contributed by atoms with Crippen molar-refractivity contribution in [1.82, 2.24) is 0 Å². The van der Waals surface area contributed by atoms with Crippen LogP contribution in [0.1, 0.15) is 0 Å². The molecule has 7 aromatic rings. The lowest BCUT2D eigenvalue weighted by Crippen LogP contribution is -1.84. The summed E-state index contributed by atoms with van der Waals surface area (Å²) in [4.78, 5) is 0. The minimum Gasteiger partial charge on any atom is -0.455 e. The zero-order valence-corrected chi connectivity index (χ0v) is 19.1. The van der Waals surface area contributed by atoms with Gasteiger partial charge in [-0.3, -0.25) is 0 Å². The van der Waals surface area contributed by atoms with Gasteiger partial charge in [0.1, 0.15) is 22.3 Å². The highest BCUT2D eigenvalue weighted by Crippen LogP contribution is 2.40. The first-order chi connectivity index (χ1) is 16.3. The number of halogens is 1. The number of hydrogen-bond acceptors (Lipinski definition) is 2. The van der Waals surface area contributed by atoms with E-state index in [9.17, 15) is 0 Å². The van der Waals surface area contributed by atoms with Crippen molar-refractivity contribution in [2.75, 3.05) is 0 Å². The van der Waals surface area contributed by atoms with Gasteiger partial charge in [0.2, 0.25) is 0 Å². The Morgan fingerprint density at radius 3 is 1.42 bits per heavy atom. The van der Waals surface area contributed by atoms with E-state index in [2.05, 4.69) is 94.8 Å². The van der Waals surface area contributed by atoms with Crippen LogP contribution >= 0.6 is 15.9 Å². The van der Waals surface area contributed by atoms with E-state index in [1.807, 2.05) is 24.3 Å². The number of benzene rings is 5. The van der Waals surface area contributed by atoms with Crippen LogP contribution in [0.5, 0.6) is 0 Å². The third-order valence-electron chi connectivity index (χ3n) is 6.33. The van der Waals surface area contributed by atoms with Gasteiger partial charge in [0.25, 0.3) is 0 Å². The molecule has 156 valence electrons. The molecule has 0 radical (unpaired) electrons. The van der Waals surface area contributed by atoms with E-state index in [1.165, 1.54) is 0 Å². The van der Waals surface area contributed by atoms with Gasteiger partial charge < -0.3 is 8.83 Å². The smallest absolute Gasteiger partial charge is 0.143 e. The van der Waals surface area contributed by atoms with Crippen LogP contribution in [0.2, 0.25) is 0 Å². The van der Waals surface area contributed by atoms with Gasteiger partial charge in [-0.15, -0.1) is 0 Å². The SMILES string of the molecule is Brc1cc(-c2cccc3c2oc2ccccc23)cc(-c2cccc3c2oc2ccccc23)c1. The van der Waals surface area contributed by atoms with Crippen molar-refractivity contribution in [3.05, 3.63) is 108 Å². The summed E-state index contributed by atoms with van der Waals surface area (Å²) in [5.41, 5.74) is 7.96. The van der Waals surface area contributed by atoms with Crippen LogP contribution < -0.4 is 0 Å². The van der Waals surface area contributed by atoms with Crippen molar-refractivity contribution in [2.45, 2.75) is 0 Å². The molecule has 0 saturated carbocycles. The van der Waals surface area contributed by atoms with E-state index >= 15 is 0 Å². The fraction of sp³-hybridized carbons (Fsp3) is 0. The molecular formula is C30H17BrO2. The quantitative estimate of drug-likeness (QED) is 0.242. The molecule has 0 fully saturated rings. The minimum atomic E-state index is 0.905. The minimum absolute atomic E-state index is 0.905. The van der Waals surface area contributed by atoms with E-state index in [0.717, 1.165) is 70.6 Å². The van der Waals surface area contributed by atoms with Crippen LogP contribution in [0.15, 0.2) is 116 Å². The molecule has 33 heavy (non-hydrogen) atoms. The van der Waals surface area contributed by atoms with Crippen LogP contribution in [0, 0.1) is 0 Å². The second kappa shape index (κ2) is 7.09. The van der Waals surface area contributed by atoms with Crippen LogP contribution in [0.25, 0.3) is 66.1 Å². The van der Waals surface area contributed by atoms with Gasteiger partial charge in [-0.2, -0.15) is 0 Å². The maximum atomic E-state index is 6.30. The average molecular weight is 489 g/mol. The molecule has 0 amide bonds. The molecule has 5 aromatic carbocycles. The molecule has 0 atom stereocenters. The molecule has 2 nitrogen and oxygen atoms in total. The van der Waals surface area contributed by atoms with E-state index in [1.54, 1.807) is 0 Å². The maximum absolute atomic E-state index is 6.30. The van der Waals surface area contributed by atoms with Crippen LogP contribution in [0.4, 0.5) is 0 Å². The molecule has 0 N–H and O–H groups in total. The highest BCUT2D eigenvalue weighted by atomic mass is 79.9. The lowest BCUT2D eigenvalue weighted by Gasteiger charge is -2.09. The third kappa shape index (κ3) is 2.86. The zero-order chi connectivity index (χ0) is 21.9. The predicted octanol–water partition coefficient (Wildman–Crippen LogP) is 9.58. The molecule has 0 aliphatic rings. The Labute approximate surface area is 198 Å². The van der Waals surface area contributed by atoms with Crippen molar-refractivity contribution in [3.8, 4) is 22.3 Å². The molecule has 0 unspecified atom stereocenters. The van der Waals surface area contributed by atoms with E-state index in [-0.39, 0.29) is 0 Å². The van der Waals surface area contributed by atoms with E-state index in [4.69, 9.17) is 8.83 Å². The molecule has 2 heterocycles. The standard InChI is InChI=1S/C30H17BrO2/c31-20-16-18(21-9-5-11-25-23-7-1-3-13-27(23)32-29(21)25)15-19(17-20)22-10-6-12-26-24-8-2-4-14-28(24)33-30(22)26/h1-17H. The molecule has 0 aliphatic heterocycles. The molecule has 3 heteroatoms. The summed E-state index contributed by atoms with van der Waals surface area (Å²) in [5, 5.41) is 4.53. The first kappa shape index (κ1) is 18.7. The number of furan rings is 2. The summed E-state index contributed by atoms with van der Waals surface area (Å²) in [6.07, 6.45) is 0. The molecule has 7 rings (SSSR count). The second-order valence-electron chi connectivity index (χ2n) is 8.29. The van der Waals surface area contributed by atoms with Gasteiger partial charge in [0.05, 0.1) is 0 Å². The monoisotopic (exact) mass is 488 g/mol. The van der Waals surface area contributed by atoms with Gasteiger partial charge in [-0.25, -0.2) is 0 Å². The normalized spacial score (nSPS) is 11.8. The zero-order valence-electron chi connectivity index (χ0n) is 17.5. The molecule has 0 aliphatic carbocycles. The number of rotatable bonds is 2. The largest absolute Gasteiger partial charge is 0.455 e. The predicted molar refractivity (Wildman–Crippen MR) is 140 cm³/mol. The second-order valence-corrected chi connectivity index (χ2v) is 9.21. The fourth-order valence-electron chi connectivity index (χ4n) is 4.85. The van der Waals surface area contributed by atoms with Gasteiger partial charge >= 0.3 is 0 Å². The average Bonchev–Trinajstić information content (AvgIpc) is 3.42. The van der Waals surface area contributed by atoms with Crippen LogP contribution in [0.3, 0.4) is 0 Å². The lowest BCUT2D eigenvalue weighted by atomic mass is 9.96. The Hall–Kier alpha value is -3.82. The molecule has 2 aromatic heterocycles. The van der Waals surface area contributed by atoms with Crippen molar-refractivity contribution >= 4 is 59.8 Å². The first-order valence-electron chi connectivity index (χ1n) is 10.9. The molecule has 0 saturated heterocycles. The van der Waals surface area contributed by atoms with E-state index < -0.39 is 0 Å². The number of fused-ring (bicyclic) bond motifs is 6. The number of para-hydroxylation sites is 4. The van der Waals surface area contributed by atoms with Gasteiger partial charge in [0, 0.05) is 37.1 Å². The molecule has 0 bridgehead atoms. The van der Waals surface area contributed by atoms with Crippen molar-refractivity contribution in [2.24, 2.45) is 0 Å². The topological polar surface area (TPSA) is 26.3 Å².